The molecule has 1 atom stereocenters. The van der Waals surface area contributed by atoms with Gasteiger partial charge in [0.2, 0.25) is 11.7 Å². The molecular weight excluding hydrogens is 272 g/mol. The molecule has 1 aromatic carbocycles. The van der Waals surface area contributed by atoms with Crippen molar-refractivity contribution >= 4 is 5.69 Å². The zero-order chi connectivity index (χ0) is 15.2. The fourth-order valence-corrected chi connectivity index (χ4v) is 2.00. The summed E-state index contributed by atoms with van der Waals surface area (Å²) in [5.74, 6) is 1.54. The normalized spacial score (nSPS) is 12.3. The van der Waals surface area contributed by atoms with Gasteiger partial charge in [-0.05, 0) is 37.4 Å². The van der Waals surface area contributed by atoms with Crippen LogP contribution in [0.25, 0.3) is 11.4 Å². The van der Waals surface area contributed by atoms with Crippen molar-refractivity contribution in [3.8, 4) is 11.4 Å². The van der Waals surface area contributed by atoms with E-state index in [-0.39, 0.29) is 5.69 Å². The van der Waals surface area contributed by atoms with E-state index in [0.29, 0.717) is 36.2 Å². The second-order valence-electron chi connectivity index (χ2n) is 5.04. The van der Waals surface area contributed by atoms with E-state index in [2.05, 4.69) is 17.1 Å². The number of nitro groups is 1. The molecule has 2 rings (SSSR count). The SMILES string of the molecule is CC(CCN)CCc1nc(-c2ccc([N+](=O)[O-])cc2)no1. The van der Waals surface area contributed by atoms with Crippen LogP contribution in [0.4, 0.5) is 5.69 Å². The topological polar surface area (TPSA) is 108 Å². The van der Waals surface area contributed by atoms with Gasteiger partial charge in [-0.3, -0.25) is 10.1 Å². The van der Waals surface area contributed by atoms with Crippen molar-refractivity contribution in [1.29, 1.82) is 0 Å². The molecule has 0 fully saturated rings. The first-order valence-corrected chi connectivity index (χ1v) is 6.87. The van der Waals surface area contributed by atoms with Crippen molar-refractivity contribution < 1.29 is 9.45 Å². The number of nitro benzene ring substituents is 1. The first kappa shape index (κ1) is 15.1. The summed E-state index contributed by atoms with van der Waals surface area (Å²) in [7, 11) is 0. The van der Waals surface area contributed by atoms with Gasteiger partial charge in [0.1, 0.15) is 0 Å². The van der Waals surface area contributed by atoms with E-state index >= 15 is 0 Å². The Bertz CT molecular complexity index is 595. The van der Waals surface area contributed by atoms with Gasteiger partial charge in [-0.15, -0.1) is 0 Å². The molecule has 21 heavy (non-hydrogen) atoms. The van der Waals surface area contributed by atoms with E-state index in [4.69, 9.17) is 10.3 Å². The van der Waals surface area contributed by atoms with Crippen LogP contribution in [0, 0.1) is 16.0 Å². The van der Waals surface area contributed by atoms with Gasteiger partial charge in [0.15, 0.2) is 0 Å². The van der Waals surface area contributed by atoms with E-state index < -0.39 is 4.92 Å². The lowest BCUT2D eigenvalue weighted by Gasteiger charge is -2.06. The number of aryl methyl sites for hydroxylation is 1. The van der Waals surface area contributed by atoms with Crippen LogP contribution in [-0.2, 0) is 6.42 Å². The van der Waals surface area contributed by atoms with Crippen LogP contribution < -0.4 is 5.73 Å². The predicted octanol–water partition coefficient (Wildman–Crippen LogP) is 2.56. The monoisotopic (exact) mass is 290 g/mol. The van der Waals surface area contributed by atoms with Gasteiger partial charge in [-0.2, -0.15) is 4.98 Å². The highest BCUT2D eigenvalue weighted by Crippen LogP contribution is 2.20. The van der Waals surface area contributed by atoms with Crippen LogP contribution in [-0.4, -0.2) is 21.6 Å². The Morgan fingerprint density at radius 1 is 1.33 bits per heavy atom. The molecule has 0 aliphatic rings. The van der Waals surface area contributed by atoms with Gasteiger partial charge < -0.3 is 10.3 Å². The quantitative estimate of drug-likeness (QED) is 0.620. The van der Waals surface area contributed by atoms with Crippen molar-refractivity contribution in [1.82, 2.24) is 10.1 Å². The molecule has 1 heterocycles. The molecule has 0 saturated carbocycles. The summed E-state index contributed by atoms with van der Waals surface area (Å²) < 4.78 is 5.20. The number of aromatic nitrogens is 2. The fourth-order valence-electron chi connectivity index (χ4n) is 2.00. The minimum Gasteiger partial charge on any atom is -0.339 e. The molecule has 7 heteroatoms. The molecule has 112 valence electrons. The highest BCUT2D eigenvalue weighted by molar-refractivity contribution is 5.56. The van der Waals surface area contributed by atoms with E-state index in [9.17, 15) is 10.1 Å². The van der Waals surface area contributed by atoms with E-state index in [1.807, 2.05) is 0 Å². The fraction of sp³-hybridized carbons (Fsp3) is 0.429. The molecule has 0 saturated heterocycles. The zero-order valence-corrected chi connectivity index (χ0v) is 11.9. The van der Waals surface area contributed by atoms with Crippen molar-refractivity contribution in [2.45, 2.75) is 26.2 Å². The van der Waals surface area contributed by atoms with Crippen LogP contribution in [0.2, 0.25) is 0 Å². The minimum atomic E-state index is -0.440. The second-order valence-corrected chi connectivity index (χ2v) is 5.04. The van der Waals surface area contributed by atoms with Gasteiger partial charge in [-0.1, -0.05) is 12.1 Å². The molecule has 0 spiro atoms. The first-order chi connectivity index (χ1) is 10.1. The average Bonchev–Trinajstić information content (AvgIpc) is 2.94. The highest BCUT2D eigenvalue weighted by atomic mass is 16.6. The summed E-state index contributed by atoms with van der Waals surface area (Å²) in [6.45, 7) is 2.82. The lowest BCUT2D eigenvalue weighted by atomic mass is 10.0. The van der Waals surface area contributed by atoms with Gasteiger partial charge >= 0.3 is 0 Å². The van der Waals surface area contributed by atoms with Gasteiger partial charge in [0.05, 0.1) is 4.92 Å². The Morgan fingerprint density at radius 3 is 2.67 bits per heavy atom. The maximum atomic E-state index is 10.6. The summed E-state index contributed by atoms with van der Waals surface area (Å²) in [5.41, 5.74) is 6.25. The Hall–Kier alpha value is -2.28. The molecule has 0 aliphatic heterocycles. The highest BCUT2D eigenvalue weighted by Gasteiger charge is 2.12. The minimum absolute atomic E-state index is 0.0399. The van der Waals surface area contributed by atoms with Crippen molar-refractivity contribution in [3.63, 3.8) is 0 Å². The number of hydrogen-bond donors (Lipinski definition) is 1. The smallest absolute Gasteiger partial charge is 0.269 e. The third-order valence-electron chi connectivity index (χ3n) is 3.31. The molecule has 0 aliphatic carbocycles. The summed E-state index contributed by atoms with van der Waals surface area (Å²) >= 11 is 0. The molecule has 0 amide bonds. The van der Waals surface area contributed by atoms with E-state index in [1.165, 1.54) is 12.1 Å². The average molecular weight is 290 g/mol. The number of benzene rings is 1. The Kier molecular flexibility index (Phi) is 4.99. The third-order valence-corrected chi connectivity index (χ3v) is 3.31. The van der Waals surface area contributed by atoms with Gasteiger partial charge in [-0.25, -0.2) is 0 Å². The maximum absolute atomic E-state index is 10.6. The lowest BCUT2D eigenvalue weighted by molar-refractivity contribution is -0.384. The largest absolute Gasteiger partial charge is 0.339 e. The van der Waals surface area contributed by atoms with Crippen LogP contribution in [0.5, 0.6) is 0 Å². The second kappa shape index (κ2) is 6.94. The lowest BCUT2D eigenvalue weighted by Crippen LogP contribution is -2.06. The molecule has 0 bridgehead atoms. The predicted molar refractivity (Wildman–Crippen MR) is 77.5 cm³/mol. The zero-order valence-electron chi connectivity index (χ0n) is 11.9. The first-order valence-electron chi connectivity index (χ1n) is 6.87. The molecule has 7 nitrogen and oxygen atoms in total. The van der Waals surface area contributed by atoms with Crippen molar-refractivity contribution in [2.24, 2.45) is 11.7 Å². The standard InChI is InChI=1S/C14H18N4O3/c1-10(8-9-15)2-7-13-16-14(17-21-13)11-3-5-12(6-4-11)18(19)20/h3-6,10H,2,7-9,15H2,1H3. The van der Waals surface area contributed by atoms with Crippen LogP contribution in [0.3, 0.4) is 0 Å². The van der Waals surface area contributed by atoms with Crippen LogP contribution >= 0.6 is 0 Å². The Balaban J connectivity index is 2.00. The third kappa shape index (κ3) is 4.09. The van der Waals surface area contributed by atoms with E-state index in [1.54, 1.807) is 12.1 Å². The molecule has 2 N–H and O–H groups in total. The molecule has 0 radical (unpaired) electrons. The van der Waals surface area contributed by atoms with E-state index in [0.717, 1.165) is 12.8 Å². The van der Waals surface area contributed by atoms with Crippen LogP contribution in [0.1, 0.15) is 25.7 Å². The van der Waals surface area contributed by atoms with Gasteiger partial charge in [0.25, 0.3) is 5.69 Å². The number of nitrogens with zero attached hydrogens (tertiary/aromatic N) is 3. The maximum Gasteiger partial charge on any atom is 0.269 e. The number of rotatable bonds is 7. The Morgan fingerprint density at radius 2 is 2.05 bits per heavy atom. The number of hydrogen-bond acceptors (Lipinski definition) is 6. The molecule has 1 unspecified atom stereocenters. The summed E-state index contributed by atoms with van der Waals surface area (Å²) in [6.07, 6.45) is 2.63. The molecule has 1 aromatic heterocycles. The summed E-state index contributed by atoms with van der Waals surface area (Å²) in [6, 6.07) is 6.08. The number of non-ortho nitro benzene ring substituents is 1. The van der Waals surface area contributed by atoms with Crippen molar-refractivity contribution in [2.75, 3.05) is 6.54 Å². The Labute approximate surface area is 122 Å². The van der Waals surface area contributed by atoms with Crippen molar-refractivity contribution in [3.05, 3.63) is 40.3 Å². The summed E-state index contributed by atoms with van der Waals surface area (Å²) in [4.78, 5) is 14.5. The molecular formula is C14H18N4O3. The summed E-state index contributed by atoms with van der Waals surface area (Å²) in [5, 5.41) is 14.5. The van der Waals surface area contributed by atoms with Gasteiger partial charge in [0, 0.05) is 24.1 Å². The van der Waals surface area contributed by atoms with Crippen LogP contribution in [0.15, 0.2) is 28.8 Å². The number of nitrogens with two attached hydrogens (primary N) is 1. The molecule has 2 aromatic rings.